The van der Waals surface area contributed by atoms with Crippen molar-refractivity contribution < 1.29 is 14.3 Å². The molecule has 0 bridgehead atoms. The normalized spacial score (nSPS) is 13.2. The highest BCUT2D eigenvalue weighted by molar-refractivity contribution is 7.09. The largest absolute Gasteiger partial charge is 0.486 e. The molecular formula is C17H20N2O3S. The fourth-order valence-corrected chi connectivity index (χ4v) is 3.22. The van der Waals surface area contributed by atoms with Crippen molar-refractivity contribution in [2.24, 2.45) is 0 Å². The van der Waals surface area contributed by atoms with Gasteiger partial charge in [-0.25, -0.2) is 4.98 Å². The zero-order valence-corrected chi connectivity index (χ0v) is 14.1. The Bertz CT molecular complexity index is 697. The maximum atomic E-state index is 12.4. The smallest absolute Gasteiger partial charge is 0.255 e. The lowest BCUT2D eigenvalue weighted by Gasteiger charge is -2.20. The predicted molar refractivity (Wildman–Crippen MR) is 89.7 cm³/mol. The molecule has 0 fully saturated rings. The fraction of sp³-hybridized carbons (Fsp3) is 0.412. The van der Waals surface area contributed by atoms with Crippen LogP contribution in [0.25, 0.3) is 0 Å². The van der Waals surface area contributed by atoms with Crippen LogP contribution < -0.4 is 14.8 Å². The molecule has 5 nitrogen and oxygen atoms in total. The van der Waals surface area contributed by atoms with Gasteiger partial charge in [-0.2, -0.15) is 0 Å². The maximum absolute atomic E-state index is 12.4. The highest BCUT2D eigenvalue weighted by Gasteiger charge is 2.20. The van der Waals surface area contributed by atoms with Crippen LogP contribution in [0.5, 0.6) is 11.5 Å². The second-order valence-corrected chi connectivity index (χ2v) is 6.56. The van der Waals surface area contributed by atoms with E-state index < -0.39 is 0 Å². The quantitative estimate of drug-likeness (QED) is 0.914. The number of thiazole rings is 1. The molecule has 6 heteroatoms. The molecule has 2 heterocycles. The number of carbonyl (C=O) groups is 1. The summed E-state index contributed by atoms with van der Waals surface area (Å²) >= 11 is 1.67. The van der Waals surface area contributed by atoms with E-state index in [-0.39, 0.29) is 5.91 Å². The lowest BCUT2D eigenvalue weighted by molar-refractivity contribution is 0.0943. The van der Waals surface area contributed by atoms with E-state index in [0.717, 1.165) is 17.1 Å². The Balaban J connectivity index is 1.59. The molecule has 122 valence electrons. The van der Waals surface area contributed by atoms with E-state index in [4.69, 9.17) is 9.47 Å². The molecule has 1 aliphatic heterocycles. The lowest BCUT2D eigenvalue weighted by Crippen LogP contribution is -2.27. The highest BCUT2D eigenvalue weighted by Crippen LogP contribution is 2.33. The molecule has 0 aliphatic carbocycles. The molecule has 1 N–H and O–H groups in total. The van der Waals surface area contributed by atoms with Gasteiger partial charge in [-0.3, -0.25) is 4.79 Å². The molecule has 0 spiro atoms. The first-order chi connectivity index (χ1) is 11.1. The zero-order valence-electron chi connectivity index (χ0n) is 13.3. The summed E-state index contributed by atoms with van der Waals surface area (Å²) in [7, 11) is 0. The van der Waals surface area contributed by atoms with E-state index in [1.54, 1.807) is 23.5 Å². The number of nitrogens with zero attached hydrogens (tertiary/aromatic N) is 1. The average Bonchev–Trinajstić information content (AvgIpc) is 3.03. The molecule has 0 saturated heterocycles. The number of benzene rings is 1. The van der Waals surface area contributed by atoms with Crippen molar-refractivity contribution in [3.05, 3.63) is 39.8 Å². The van der Waals surface area contributed by atoms with Crippen LogP contribution in [0.2, 0.25) is 0 Å². The number of hydrogen-bond acceptors (Lipinski definition) is 5. The van der Waals surface area contributed by atoms with Crippen LogP contribution in [-0.2, 0) is 6.42 Å². The minimum atomic E-state index is -0.147. The Labute approximate surface area is 139 Å². The van der Waals surface area contributed by atoms with Crippen LogP contribution in [0, 0.1) is 0 Å². The molecular weight excluding hydrogens is 312 g/mol. The van der Waals surface area contributed by atoms with Crippen molar-refractivity contribution in [2.75, 3.05) is 19.8 Å². The first kappa shape index (κ1) is 15.8. The summed E-state index contributed by atoms with van der Waals surface area (Å²) in [6.45, 7) is 5.79. The van der Waals surface area contributed by atoms with Crippen LogP contribution in [0.15, 0.2) is 23.6 Å². The van der Waals surface area contributed by atoms with Crippen LogP contribution >= 0.6 is 11.3 Å². The molecule has 1 aliphatic rings. The van der Waals surface area contributed by atoms with Crippen molar-refractivity contribution in [2.45, 2.75) is 26.2 Å². The molecule has 1 aromatic carbocycles. The van der Waals surface area contributed by atoms with E-state index in [0.29, 0.717) is 42.7 Å². The van der Waals surface area contributed by atoms with Crippen molar-refractivity contribution in [1.82, 2.24) is 10.3 Å². The Morgan fingerprint density at radius 3 is 2.96 bits per heavy atom. The van der Waals surface area contributed by atoms with E-state index in [1.807, 2.05) is 6.07 Å². The van der Waals surface area contributed by atoms with Gasteiger partial charge in [0.2, 0.25) is 0 Å². The number of para-hydroxylation sites is 1. The number of aromatic nitrogens is 1. The minimum absolute atomic E-state index is 0.147. The molecule has 1 aromatic heterocycles. The molecule has 0 unspecified atom stereocenters. The van der Waals surface area contributed by atoms with Gasteiger partial charge in [-0.1, -0.05) is 19.9 Å². The van der Waals surface area contributed by atoms with Crippen molar-refractivity contribution in [1.29, 1.82) is 0 Å². The number of carbonyl (C=O) groups excluding carboxylic acids is 1. The van der Waals surface area contributed by atoms with E-state index >= 15 is 0 Å². The Kier molecular flexibility index (Phi) is 4.81. The van der Waals surface area contributed by atoms with E-state index in [1.165, 1.54) is 0 Å². The summed E-state index contributed by atoms with van der Waals surface area (Å²) in [5.41, 5.74) is 1.54. The van der Waals surface area contributed by atoms with Gasteiger partial charge >= 0.3 is 0 Å². The molecule has 0 saturated carbocycles. The van der Waals surface area contributed by atoms with Gasteiger partial charge in [-0.15, -0.1) is 11.3 Å². The average molecular weight is 332 g/mol. The summed E-state index contributed by atoms with van der Waals surface area (Å²) in [4.78, 5) is 16.9. The highest BCUT2D eigenvalue weighted by atomic mass is 32.1. The predicted octanol–water partition coefficient (Wildman–Crippen LogP) is 3.01. The SMILES string of the molecule is CC(C)c1nc(CCNC(=O)c2cccc3c2OCCO3)cs1. The number of fused-ring (bicyclic) bond motifs is 1. The third-order valence-electron chi connectivity index (χ3n) is 3.54. The van der Waals surface area contributed by atoms with Gasteiger partial charge in [-0.05, 0) is 12.1 Å². The Hall–Kier alpha value is -2.08. The van der Waals surface area contributed by atoms with Gasteiger partial charge in [0.05, 0.1) is 16.3 Å². The summed E-state index contributed by atoms with van der Waals surface area (Å²) in [5.74, 6) is 1.46. The van der Waals surface area contributed by atoms with Crippen molar-refractivity contribution in [3.8, 4) is 11.5 Å². The van der Waals surface area contributed by atoms with Crippen LogP contribution in [0.3, 0.4) is 0 Å². The standard InChI is InChI=1S/C17H20N2O3S/c1-11(2)17-19-12(10-23-17)6-7-18-16(20)13-4-3-5-14-15(13)22-9-8-21-14/h3-5,10-11H,6-9H2,1-2H3,(H,18,20). The molecule has 2 aromatic rings. The fourth-order valence-electron chi connectivity index (χ4n) is 2.35. The van der Waals surface area contributed by atoms with Crippen LogP contribution in [-0.4, -0.2) is 30.6 Å². The molecule has 0 atom stereocenters. The minimum Gasteiger partial charge on any atom is -0.486 e. The molecule has 1 amide bonds. The zero-order chi connectivity index (χ0) is 16.2. The second-order valence-electron chi connectivity index (χ2n) is 5.67. The number of rotatable bonds is 5. The van der Waals surface area contributed by atoms with Crippen molar-refractivity contribution >= 4 is 17.2 Å². The van der Waals surface area contributed by atoms with Gasteiger partial charge in [0.1, 0.15) is 13.2 Å². The van der Waals surface area contributed by atoms with Crippen molar-refractivity contribution in [3.63, 3.8) is 0 Å². The topological polar surface area (TPSA) is 60.5 Å². The second kappa shape index (κ2) is 7.00. The molecule has 3 rings (SSSR count). The summed E-state index contributed by atoms with van der Waals surface area (Å²) in [6, 6.07) is 5.37. The molecule has 23 heavy (non-hydrogen) atoms. The first-order valence-corrected chi connectivity index (χ1v) is 8.64. The monoisotopic (exact) mass is 332 g/mol. The van der Waals surface area contributed by atoms with E-state index in [2.05, 4.69) is 29.5 Å². The summed E-state index contributed by atoms with van der Waals surface area (Å²) < 4.78 is 11.1. The Morgan fingerprint density at radius 2 is 2.17 bits per heavy atom. The number of amides is 1. The third kappa shape index (κ3) is 3.64. The van der Waals surface area contributed by atoms with E-state index in [9.17, 15) is 4.79 Å². The van der Waals surface area contributed by atoms with Gasteiger partial charge in [0.25, 0.3) is 5.91 Å². The number of ether oxygens (including phenoxy) is 2. The van der Waals surface area contributed by atoms with Gasteiger partial charge in [0, 0.05) is 24.3 Å². The van der Waals surface area contributed by atoms with Gasteiger partial charge in [0.15, 0.2) is 11.5 Å². The molecule has 0 radical (unpaired) electrons. The first-order valence-electron chi connectivity index (χ1n) is 7.76. The summed E-state index contributed by atoms with van der Waals surface area (Å²) in [5, 5.41) is 6.12. The Morgan fingerprint density at radius 1 is 1.35 bits per heavy atom. The maximum Gasteiger partial charge on any atom is 0.255 e. The lowest BCUT2D eigenvalue weighted by atomic mass is 10.1. The summed E-state index contributed by atoms with van der Waals surface area (Å²) in [6.07, 6.45) is 0.724. The van der Waals surface area contributed by atoms with Crippen LogP contribution in [0.1, 0.15) is 40.8 Å². The third-order valence-corrected chi connectivity index (χ3v) is 4.74. The number of hydrogen-bond donors (Lipinski definition) is 1. The number of nitrogens with one attached hydrogen (secondary N) is 1. The van der Waals surface area contributed by atoms with Crippen LogP contribution in [0.4, 0.5) is 0 Å². The van der Waals surface area contributed by atoms with Gasteiger partial charge < -0.3 is 14.8 Å².